The molecule has 3 aromatic rings. The van der Waals surface area contributed by atoms with Gasteiger partial charge < -0.3 is 5.32 Å². The van der Waals surface area contributed by atoms with Crippen molar-refractivity contribution in [2.45, 2.75) is 51.7 Å². The van der Waals surface area contributed by atoms with Gasteiger partial charge in [0.1, 0.15) is 0 Å². The third-order valence-corrected chi connectivity index (χ3v) is 5.59. The van der Waals surface area contributed by atoms with Crippen molar-refractivity contribution >= 4 is 17.5 Å². The van der Waals surface area contributed by atoms with Crippen LogP contribution in [0, 0.1) is 6.92 Å². The van der Waals surface area contributed by atoms with E-state index in [2.05, 4.69) is 15.5 Å². The van der Waals surface area contributed by atoms with E-state index in [0.717, 1.165) is 41.1 Å². The molecule has 28 heavy (non-hydrogen) atoms. The summed E-state index contributed by atoms with van der Waals surface area (Å²) in [6, 6.07) is 9.81. The summed E-state index contributed by atoms with van der Waals surface area (Å²) < 4.78 is 3.82. The fourth-order valence-corrected chi connectivity index (χ4v) is 3.96. The molecule has 1 aromatic carbocycles. The quantitative estimate of drug-likeness (QED) is 0.690. The van der Waals surface area contributed by atoms with Crippen LogP contribution in [0.25, 0.3) is 0 Å². The van der Waals surface area contributed by atoms with Crippen molar-refractivity contribution < 1.29 is 4.79 Å². The smallest absolute Gasteiger partial charge is 0.222 e. The normalized spacial score (nSPS) is 16.0. The van der Waals surface area contributed by atoms with Gasteiger partial charge in [0.25, 0.3) is 0 Å². The van der Waals surface area contributed by atoms with Crippen LogP contribution in [0.5, 0.6) is 0 Å². The number of carbonyl (C=O) groups excluding carboxylic acids is 1. The number of hydrogen-bond donors (Lipinski definition) is 1. The Morgan fingerprint density at radius 2 is 2.18 bits per heavy atom. The number of fused-ring (bicyclic) bond motifs is 1. The maximum Gasteiger partial charge on any atom is 0.222 e. The van der Waals surface area contributed by atoms with Gasteiger partial charge in [0, 0.05) is 35.4 Å². The van der Waals surface area contributed by atoms with Crippen molar-refractivity contribution in [3.63, 3.8) is 0 Å². The topological polar surface area (TPSA) is 64.7 Å². The molecule has 0 aliphatic heterocycles. The second-order valence-corrected chi connectivity index (χ2v) is 7.69. The summed E-state index contributed by atoms with van der Waals surface area (Å²) in [5.41, 5.74) is 4.33. The molecule has 1 atom stereocenters. The third-order valence-electron chi connectivity index (χ3n) is 5.22. The van der Waals surface area contributed by atoms with E-state index in [4.69, 9.17) is 11.6 Å². The Morgan fingerprint density at radius 3 is 2.96 bits per heavy atom. The molecule has 1 aliphatic rings. The summed E-state index contributed by atoms with van der Waals surface area (Å²) >= 11 is 6.30. The minimum Gasteiger partial charge on any atom is -0.349 e. The van der Waals surface area contributed by atoms with Crippen molar-refractivity contribution in [2.24, 2.45) is 0 Å². The van der Waals surface area contributed by atoms with Gasteiger partial charge in [0.15, 0.2) is 0 Å². The Kier molecular flexibility index (Phi) is 5.48. The highest BCUT2D eigenvalue weighted by molar-refractivity contribution is 6.31. The first-order chi connectivity index (χ1) is 13.6. The molecule has 2 heterocycles. The predicted molar refractivity (Wildman–Crippen MR) is 108 cm³/mol. The standard InChI is InChI=1S/C21H24ClN5O/c1-15-9-11-26(25-15)12-10-21(28)24-19-7-4-8-20-17(19)13-23-27(20)14-16-5-2-3-6-18(16)22/h2-3,5-6,9,11,13,19H,4,7-8,10,12,14H2,1H3,(H,24,28)/t19-/m0/s1. The van der Waals surface area contributed by atoms with Gasteiger partial charge in [0.2, 0.25) is 5.91 Å². The predicted octanol–water partition coefficient (Wildman–Crippen LogP) is 3.67. The molecule has 1 aliphatic carbocycles. The summed E-state index contributed by atoms with van der Waals surface area (Å²) in [5.74, 6) is 0.0462. The van der Waals surface area contributed by atoms with Crippen molar-refractivity contribution in [2.75, 3.05) is 0 Å². The van der Waals surface area contributed by atoms with E-state index in [1.807, 2.05) is 59.0 Å². The zero-order valence-electron chi connectivity index (χ0n) is 15.9. The van der Waals surface area contributed by atoms with Gasteiger partial charge >= 0.3 is 0 Å². The van der Waals surface area contributed by atoms with Crippen LogP contribution in [0.3, 0.4) is 0 Å². The third kappa shape index (κ3) is 4.12. The first-order valence-corrected chi connectivity index (χ1v) is 10.1. The number of benzene rings is 1. The van der Waals surface area contributed by atoms with E-state index in [1.54, 1.807) is 0 Å². The Balaban J connectivity index is 1.42. The highest BCUT2D eigenvalue weighted by Gasteiger charge is 2.25. The minimum atomic E-state index is 0.0237. The largest absolute Gasteiger partial charge is 0.349 e. The average molecular weight is 398 g/mol. The number of aromatic nitrogens is 4. The van der Waals surface area contributed by atoms with E-state index < -0.39 is 0 Å². The van der Waals surface area contributed by atoms with Gasteiger partial charge in [-0.05, 0) is 43.9 Å². The lowest BCUT2D eigenvalue weighted by molar-refractivity contribution is -0.122. The molecular formula is C21H24ClN5O. The number of halogens is 1. The van der Waals surface area contributed by atoms with E-state index in [-0.39, 0.29) is 11.9 Å². The van der Waals surface area contributed by atoms with Gasteiger partial charge in [-0.2, -0.15) is 10.2 Å². The number of hydrogen-bond acceptors (Lipinski definition) is 3. The molecule has 146 valence electrons. The molecule has 0 radical (unpaired) electrons. The lowest BCUT2D eigenvalue weighted by Crippen LogP contribution is -2.31. The molecule has 2 aromatic heterocycles. The summed E-state index contributed by atoms with van der Waals surface area (Å²) in [6.45, 7) is 3.18. The monoisotopic (exact) mass is 397 g/mol. The molecule has 6 nitrogen and oxygen atoms in total. The average Bonchev–Trinajstić information content (AvgIpc) is 3.29. The van der Waals surface area contributed by atoms with Crippen LogP contribution in [0.2, 0.25) is 5.02 Å². The van der Waals surface area contributed by atoms with Crippen molar-refractivity contribution in [3.8, 4) is 0 Å². The molecule has 0 saturated carbocycles. The van der Waals surface area contributed by atoms with Crippen molar-refractivity contribution in [3.05, 3.63) is 70.3 Å². The zero-order valence-corrected chi connectivity index (χ0v) is 16.7. The lowest BCUT2D eigenvalue weighted by Gasteiger charge is -2.24. The molecular weight excluding hydrogens is 374 g/mol. The molecule has 4 rings (SSSR count). The second kappa shape index (κ2) is 8.19. The molecule has 0 fully saturated rings. The maximum absolute atomic E-state index is 12.4. The van der Waals surface area contributed by atoms with Gasteiger partial charge in [0.05, 0.1) is 24.5 Å². The second-order valence-electron chi connectivity index (χ2n) is 7.28. The van der Waals surface area contributed by atoms with Crippen LogP contribution in [-0.2, 0) is 24.3 Å². The Hall–Kier alpha value is -2.60. The molecule has 0 bridgehead atoms. The van der Waals surface area contributed by atoms with Gasteiger partial charge in [-0.25, -0.2) is 0 Å². The van der Waals surface area contributed by atoms with E-state index >= 15 is 0 Å². The molecule has 0 unspecified atom stereocenters. The van der Waals surface area contributed by atoms with Crippen LogP contribution in [0.15, 0.2) is 42.7 Å². The van der Waals surface area contributed by atoms with E-state index in [9.17, 15) is 4.79 Å². The van der Waals surface area contributed by atoms with Crippen LogP contribution in [-0.4, -0.2) is 25.5 Å². The first kappa shape index (κ1) is 18.7. The maximum atomic E-state index is 12.4. The SMILES string of the molecule is Cc1ccn(CCC(=O)N[C@H]2CCCc3c2cnn3Cc2ccccc2Cl)n1. The fourth-order valence-electron chi connectivity index (χ4n) is 3.76. The zero-order chi connectivity index (χ0) is 19.5. The van der Waals surface area contributed by atoms with E-state index in [0.29, 0.717) is 19.5 Å². The van der Waals surface area contributed by atoms with Crippen LogP contribution < -0.4 is 5.32 Å². The number of carbonyl (C=O) groups is 1. The fraction of sp³-hybridized carbons (Fsp3) is 0.381. The Bertz CT molecular complexity index is 977. The lowest BCUT2D eigenvalue weighted by atomic mass is 9.92. The summed E-state index contributed by atoms with van der Waals surface area (Å²) in [7, 11) is 0. The minimum absolute atomic E-state index is 0.0237. The Morgan fingerprint density at radius 1 is 1.32 bits per heavy atom. The number of nitrogens with zero attached hydrogens (tertiary/aromatic N) is 4. The Labute approximate surface area is 169 Å². The number of rotatable bonds is 6. The molecule has 0 saturated heterocycles. The number of amides is 1. The molecule has 1 N–H and O–H groups in total. The van der Waals surface area contributed by atoms with Crippen LogP contribution in [0.4, 0.5) is 0 Å². The van der Waals surface area contributed by atoms with Crippen molar-refractivity contribution in [1.82, 2.24) is 24.9 Å². The highest BCUT2D eigenvalue weighted by Crippen LogP contribution is 2.30. The molecule has 0 spiro atoms. The molecule has 7 heteroatoms. The summed E-state index contributed by atoms with van der Waals surface area (Å²) in [4.78, 5) is 12.4. The summed E-state index contributed by atoms with van der Waals surface area (Å²) in [6.07, 6.45) is 7.16. The van der Waals surface area contributed by atoms with Crippen LogP contribution in [0.1, 0.15) is 47.8 Å². The number of aryl methyl sites for hydroxylation is 2. The van der Waals surface area contributed by atoms with E-state index in [1.165, 1.54) is 5.69 Å². The number of nitrogens with one attached hydrogen (secondary N) is 1. The van der Waals surface area contributed by atoms with Crippen LogP contribution >= 0.6 is 11.6 Å². The van der Waals surface area contributed by atoms with Gasteiger partial charge in [-0.3, -0.25) is 14.2 Å². The van der Waals surface area contributed by atoms with Gasteiger partial charge in [-0.1, -0.05) is 29.8 Å². The summed E-state index contributed by atoms with van der Waals surface area (Å²) in [5, 5.41) is 12.8. The first-order valence-electron chi connectivity index (χ1n) is 9.67. The van der Waals surface area contributed by atoms with Crippen molar-refractivity contribution in [1.29, 1.82) is 0 Å². The molecule has 1 amide bonds. The van der Waals surface area contributed by atoms with Gasteiger partial charge in [-0.15, -0.1) is 0 Å². The highest BCUT2D eigenvalue weighted by atomic mass is 35.5.